The van der Waals surface area contributed by atoms with Gasteiger partial charge in [-0.3, -0.25) is 4.79 Å². The molecule has 0 aliphatic carbocycles. The SMILES string of the molecule is Cc1ccc(C(CCCN2CCC(N3C(=O)Cc4ccccc43)CC2)c2ccc(F)cc2)cc1. The number of likely N-dealkylation sites (tertiary alicyclic amines) is 1. The lowest BCUT2D eigenvalue weighted by Gasteiger charge is -2.37. The van der Waals surface area contributed by atoms with Crippen molar-refractivity contribution in [2.24, 2.45) is 0 Å². The molecule has 3 aromatic carbocycles. The highest BCUT2D eigenvalue weighted by Crippen LogP contribution is 2.34. The van der Waals surface area contributed by atoms with Gasteiger partial charge in [0.2, 0.25) is 5.91 Å². The predicted molar refractivity (Wildman–Crippen MR) is 136 cm³/mol. The Morgan fingerprint density at radius 1 is 0.912 bits per heavy atom. The number of aryl methyl sites for hydroxylation is 1. The number of anilines is 1. The molecular formula is C30H33FN2O. The number of hydrogen-bond donors (Lipinski definition) is 0. The smallest absolute Gasteiger partial charge is 0.231 e. The highest BCUT2D eigenvalue weighted by molar-refractivity contribution is 6.01. The fourth-order valence-corrected chi connectivity index (χ4v) is 5.62. The molecular weight excluding hydrogens is 423 g/mol. The number of nitrogens with zero attached hydrogens (tertiary/aromatic N) is 2. The molecule has 0 saturated carbocycles. The summed E-state index contributed by atoms with van der Waals surface area (Å²) in [6, 6.07) is 24.3. The van der Waals surface area contributed by atoms with Crippen LogP contribution in [0, 0.1) is 12.7 Å². The Hall–Kier alpha value is -2.98. The molecule has 1 fully saturated rings. The summed E-state index contributed by atoms with van der Waals surface area (Å²) < 4.78 is 13.5. The van der Waals surface area contributed by atoms with Crippen LogP contribution in [0.25, 0.3) is 0 Å². The van der Waals surface area contributed by atoms with Crippen molar-refractivity contribution in [1.29, 1.82) is 0 Å². The maximum atomic E-state index is 13.5. The van der Waals surface area contributed by atoms with Gasteiger partial charge in [0.15, 0.2) is 0 Å². The van der Waals surface area contributed by atoms with Crippen molar-refractivity contribution < 1.29 is 9.18 Å². The van der Waals surface area contributed by atoms with Crippen LogP contribution in [0.3, 0.4) is 0 Å². The molecule has 0 aromatic heterocycles. The molecule has 4 heteroatoms. The van der Waals surface area contributed by atoms with Gasteiger partial charge in [0.05, 0.1) is 6.42 Å². The lowest BCUT2D eigenvalue weighted by atomic mass is 9.87. The van der Waals surface area contributed by atoms with Crippen LogP contribution in [0.2, 0.25) is 0 Å². The third-order valence-electron chi connectivity index (χ3n) is 7.50. The van der Waals surface area contributed by atoms with Crippen LogP contribution in [-0.2, 0) is 11.2 Å². The maximum Gasteiger partial charge on any atom is 0.231 e. The van der Waals surface area contributed by atoms with Gasteiger partial charge in [-0.25, -0.2) is 4.39 Å². The number of amides is 1. The van der Waals surface area contributed by atoms with Gasteiger partial charge in [0.1, 0.15) is 5.82 Å². The van der Waals surface area contributed by atoms with Crippen molar-refractivity contribution in [3.8, 4) is 0 Å². The summed E-state index contributed by atoms with van der Waals surface area (Å²) in [5.41, 5.74) is 6.00. The summed E-state index contributed by atoms with van der Waals surface area (Å²) in [7, 11) is 0. The minimum absolute atomic E-state index is 0.187. The second kappa shape index (κ2) is 10.1. The molecule has 2 heterocycles. The number of piperidine rings is 1. The average molecular weight is 457 g/mol. The minimum Gasteiger partial charge on any atom is -0.309 e. The standard InChI is InChI=1S/C30H33FN2O/c1-22-8-10-23(11-9-22)28(24-12-14-26(31)15-13-24)6-4-18-32-19-16-27(17-20-32)33-29-7-3-2-5-25(29)21-30(33)34/h2-3,5,7-15,27-28H,4,6,16-21H2,1H3. The van der Waals surface area contributed by atoms with E-state index in [1.165, 1.54) is 16.7 Å². The van der Waals surface area contributed by atoms with Crippen molar-refractivity contribution >= 4 is 11.6 Å². The largest absolute Gasteiger partial charge is 0.309 e. The van der Waals surface area contributed by atoms with Gasteiger partial charge in [0.25, 0.3) is 0 Å². The molecule has 2 aliphatic rings. The van der Waals surface area contributed by atoms with Crippen LogP contribution in [0.1, 0.15) is 53.9 Å². The quantitative estimate of drug-likeness (QED) is 0.429. The summed E-state index contributed by atoms with van der Waals surface area (Å²) in [5, 5.41) is 0. The van der Waals surface area contributed by atoms with Crippen molar-refractivity contribution in [1.82, 2.24) is 4.90 Å². The van der Waals surface area contributed by atoms with E-state index in [0.29, 0.717) is 12.5 Å². The molecule has 176 valence electrons. The molecule has 0 N–H and O–H groups in total. The lowest BCUT2D eigenvalue weighted by molar-refractivity contribution is -0.118. The second-order valence-electron chi connectivity index (χ2n) is 9.80. The third-order valence-corrected chi connectivity index (χ3v) is 7.50. The van der Waals surface area contributed by atoms with Crippen LogP contribution in [-0.4, -0.2) is 36.5 Å². The summed E-state index contributed by atoms with van der Waals surface area (Å²) in [6.07, 6.45) is 4.72. The number of rotatable bonds is 7. The number of halogens is 1. The van der Waals surface area contributed by atoms with Crippen LogP contribution in [0.5, 0.6) is 0 Å². The van der Waals surface area contributed by atoms with Crippen LogP contribution >= 0.6 is 0 Å². The molecule has 3 nitrogen and oxygen atoms in total. The van der Waals surface area contributed by atoms with Gasteiger partial charge in [-0.15, -0.1) is 0 Å². The van der Waals surface area contributed by atoms with E-state index in [-0.39, 0.29) is 17.6 Å². The average Bonchev–Trinajstić information content (AvgIpc) is 3.19. The first-order valence-corrected chi connectivity index (χ1v) is 12.5. The van der Waals surface area contributed by atoms with Crippen LogP contribution in [0.15, 0.2) is 72.8 Å². The van der Waals surface area contributed by atoms with E-state index >= 15 is 0 Å². The second-order valence-corrected chi connectivity index (χ2v) is 9.80. The van der Waals surface area contributed by atoms with Crippen LogP contribution in [0.4, 0.5) is 10.1 Å². The maximum absolute atomic E-state index is 13.5. The number of carbonyl (C=O) groups excluding carboxylic acids is 1. The molecule has 3 aromatic rings. The number of fused-ring (bicyclic) bond motifs is 1. The van der Waals surface area contributed by atoms with Gasteiger partial charge < -0.3 is 9.80 Å². The minimum atomic E-state index is -0.187. The van der Waals surface area contributed by atoms with E-state index < -0.39 is 0 Å². The van der Waals surface area contributed by atoms with E-state index in [4.69, 9.17) is 0 Å². The van der Waals surface area contributed by atoms with Gasteiger partial charge in [-0.05, 0) is 74.0 Å². The van der Waals surface area contributed by atoms with Crippen molar-refractivity contribution in [3.63, 3.8) is 0 Å². The zero-order valence-electron chi connectivity index (χ0n) is 19.9. The molecule has 0 bridgehead atoms. The Morgan fingerprint density at radius 3 is 2.26 bits per heavy atom. The first kappa shape index (κ1) is 22.8. The molecule has 34 heavy (non-hydrogen) atoms. The highest BCUT2D eigenvalue weighted by atomic mass is 19.1. The number of benzene rings is 3. The van der Waals surface area contributed by atoms with Crippen molar-refractivity contribution in [2.45, 2.75) is 51.0 Å². The fraction of sp³-hybridized carbons (Fsp3) is 0.367. The van der Waals surface area contributed by atoms with E-state index in [0.717, 1.165) is 56.6 Å². The number of para-hydroxylation sites is 1. The molecule has 1 unspecified atom stereocenters. The molecule has 0 spiro atoms. The number of carbonyl (C=O) groups is 1. The lowest BCUT2D eigenvalue weighted by Crippen LogP contribution is -2.46. The molecule has 1 atom stereocenters. The number of hydrogen-bond acceptors (Lipinski definition) is 2. The molecule has 5 rings (SSSR count). The van der Waals surface area contributed by atoms with E-state index in [2.05, 4.69) is 53.1 Å². The molecule has 1 amide bonds. The Bertz CT molecular complexity index is 1070. The zero-order valence-corrected chi connectivity index (χ0v) is 19.9. The van der Waals surface area contributed by atoms with Crippen LogP contribution < -0.4 is 4.90 Å². The van der Waals surface area contributed by atoms with Gasteiger partial charge in [-0.1, -0.05) is 60.2 Å². The Morgan fingerprint density at radius 2 is 1.56 bits per heavy atom. The Balaban J connectivity index is 1.18. The monoisotopic (exact) mass is 456 g/mol. The third kappa shape index (κ3) is 4.92. The topological polar surface area (TPSA) is 23.6 Å². The predicted octanol–water partition coefficient (Wildman–Crippen LogP) is 6.10. The first-order chi connectivity index (χ1) is 16.6. The van der Waals surface area contributed by atoms with Crippen molar-refractivity contribution in [2.75, 3.05) is 24.5 Å². The van der Waals surface area contributed by atoms with Gasteiger partial charge in [0, 0.05) is 30.7 Å². The molecule has 1 saturated heterocycles. The summed E-state index contributed by atoms with van der Waals surface area (Å²) in [4.78, 5) is 17.3. The Labute approximate surface area is 202 Å². The van der Waals surface area contributed by atoms with Crippen molar-refractivity contribution in [3.05, 3.63) is 101 Å². The van der Waals surface area contributed by atoms with E-state index in [1.54, 1.807) is 12.1 Å². The summed E-state index contributed by atoms with van der Waals surface area (Å²) in [6.45, 7) is 5.22. The van der Waals surface area contributed by atoms with Gasteiger partial charge >= 0.3 is 0 Å². The Kier molecular flexibility index (Phi) is 6.77. The first-order valence-electron chi connectivity index (χ1n) is 12.5. The molecule has 2 aliphatic heterocycles. The fourth-order valence-electron chi connectivity index (χ4n) is 5.62. The summed E-state index contributed by atoms with van der Waals surface area (Å²) in [5.74, 6) is 0.339. The van der Waals surface area contributed by atoms with E-state index in [9.17, 15) is 9.18 Å². The van der Waals surface area contributed by atoms with E-state index in [1.807, 2.05) is 24.3 Å². The highest BCUT2D eigenvalue weighted by Gasteiger charge is 2.34. The zero-order chi connectivity index (χ0) is 23.5. The van der Waals surface area contributed by atoms with Gasteiger partial charge in [-0.2, -0.15) is 0 Å². The normalized spacial score (nSPS) is 17.7. The molecule has 0 radical (unpaired) electrons. The summed E-state index contributed by atoms with van der Waals surface area (Å²) >= 11 is 0.